The molecule has 0 aliphatic rings. The van der Waals surface area contributed by atoms with Gasteiger partial charge in [0.05, 0.1) is 11.0 Å². The van der Waals surface area contributed by atoms with Crippen molar-refractivity contribution >= 4 is 33.2 Å². The van der Waals surface area contributed by atoms with E-state index in [1.807, 2.05) is 18.3 Å². The third-order valence-corrected chi connectivity index (χ3v) is 5.22. The molecule has 2 N–H and O–H groups in total. The van der Waals surface area contributed by atoms with Crippen molar-refractivity contribution in [1.82, 2.24) is 14.9 Å². The Morgan fingerprint density at radius 2 is 1.37 bits per heavy atom. The van der Waals surface area contributed by atoms with Gasteiger partial charge in [0.25, 0.3) is 0 Å². The largest absolute Gasteiger partial charge is 0.383 e. The Morgan fingerprint density at radius 1 is 0.800 bits per heavy atom. The minimum Gasteiger partial charge on any atom is -0.383 e. The number of nitrogens with one attached hydrogen (secondary N) is 2. The maximum Gasteiger partial charge on any atom is 0.125 e. The molecule has 0 saturated carbocycles. The molecule has 0 atom stereocenters. The molecule has 0 aliphatic carbocycles. The zero-order valence-corrected chi connectivity index (χ0v) is 17.3. The zero-order chi connectivity index (χ0) is 20.9. The normalized spacial score (nSPS) is 11.3. The molecule has 5 nitrogen and oxygen atoms in total. The first-order valence-corrected chi connectivity index (χ1v) is 10.2. The number of nitrogens with zero attached hydrogens (tertiary/aromatic N) is 3. The van der Waals surface area contributed by atoms with Gasteiger partial charge in [-0.1, -0.05) is 12.1 Å². The fourth-order valence-electron chi connectivity index (χ4n) is 3.56. The van der Waals surface area contributed by atoms with Crippen molar-refractivity contribution < 1.29 is 4.39 Å². The van der Waals surface area contributed by atoms with E-state index in [4.69, 9.17) is 0 Å². The lowest BCUT2D eigenvalue weighted by atomic mass is 10.1. The maximum absolute atomic E-state index is 13.4. The Bertz CT molecular complexity index is 1070. The van der Waals surface area contributed by atoms with Crippen LogP contribution in [-0.2, 0) is 0 Å². The standard InChI is InChI=1S/C24H26FN5/c1-17-3-5-19-21(7-9-26-23(19)15-17)28-11-13-30(2)14-12-29-22-8-10-27-24-16-18(25)4-6-20(22)24/h3-10,15-16H,11-14H2,1-2H3,(H,26,28)(H,27,29). The molecular weight excluding hydrogens is 377 g/mol. The third-order valence-electron chi connectivity index (χ3n) is 5.22. The predicted octanol–water partition coefficient (Wildman–Crippen LogP) is 4.69. The Hall–Kier alpha value is -3.25. The number of fused-ring (bicyclic) bond motifs is 2. The number of aryl methyl sites for hydroxylation is 1. The van der Waals surface area contributed by atoms with Gasteiger partial charge in [-0.25, -0.2) is 4.39 Å². The van der Waals surface area contributed by atoms with Crippen LogP contribution in [0.3, 0.4) is 0 Å². The number of likely N-dealkylation sites (N-methyl/N-ethyl adjacent to an activating group) is 1. The lowest BCUT2D eigenvalue weighted by Gasteiger charge is -2.19. The average molecular weight is 404 g/mol. The second-order valence-electron chi connectivity index (χ2n) is 7.56. The molecule has 0 bridgehead atoms. The smallest absolute Gasteiger partial charge is 0.125 e. The molecule has 2 aromatic heterocycles. The van der Waals surface area contributed by atoms with Crippen LogP contribution < -0.4 is 10.6 Å². The first-order valence-electron chi connectivity index (χ1n) is 10.2. The molecule has 2 aromatic carbocycles. The quantitative estimate of drug-likeness (QED) is 0.447. The lowest BCUT2D eigenvalue weighted by molar-refractivity contribution is 0.361. The Kier molecular flexibility index (Phi) is 6.05. The highest BCUT2D eigenvalue weighted by Gasteiger charge is 2.05. The summed E-state index contributed by atoms with van der Waals surface area (Å²) in [6.07, 6.45) is 3.56. The first kappa shape index (κ1) is 20.0. The van der Waals surface area contributed by atoms with Crippen molar-refractivity contribution in [3.8, 4) is 0 Å². The fourth-order valence-corrected chi connectivity index (χ4v) is 3.56. The summed E-state index contributed by atoms with van der Waals surface area (Å²) in [5.74, 6) is -0.267. The van der Waals surface area contributed by atoms with Crippen molar-refractivity contribution in [2.24, 2.45) is 0 Å². The molecular formula is C24H26FN5. The molecule has 0 saturated heterocycles. The topological polar surface area (TPSA) is 53.1 Å². The zero-order valence-electron chi connectivity index (χ0n) is 17.3. The van der Waals surface area contributed by atoms with Crippen LogP contribution >= 0.6 is 0 Å². The number of anilines is 2. The van der Waals surface area contributed by atoms with Crippen molar-refractivity contribution in [1.29, 1.82) is 0 Å². The van der Waals surface area contributed by atoms with Gasteiger partial charge >= 0.3 is 0 Å². The molecule has 30 heavy (non-hydrogen) atoms. The Balaban J connectivity index is 1.28. The van der Waals surface area contributed by atoms with Crippen LogP contribution in [0.1, 0.15) is 5.56 Å². The molecule has 6 heteroatoms. The molecule has 0 spiro atoms. The van der Waals surface area contributed by atoms with Gasteiger partial charge in [-0.2, -0.15) is 0 Å². The highest BCUT2D eigenvalue weighted by atomic mass is 19.1. The van der Waals surface area contributed by atoms with E-state index in [1.54, 1.807) is 12.3 Å². The number of benzene rings is 2. The van der Waals surface area contributed by atoms with Crippen molar-refractivity contribution in [2.75, 3.05) is 43.9 Å². The summed E-state index contributed by atoms with van der Waals surface area (Å²) in [5.41, 5.74) is 4.98. The van der Waals surface area contributed by atoms with Crippen LogP contribution in [0.5, 0.6) is 0 Å². The number of pyridine rings is 2. The number of halogens is 1. The summed E-state index contributed by atoms with van der Waals surface area (Å²) in [6, 6.07) is 15.0. The van der Waals surface area contributed by atoms with Gasteiger partial charge in [0.2, 0.25) is 0 Å². The average Bonchev–Trinajstić information content (AvgIpc) is 2.73. The van der Waals surface area contributed by atoms with E-state index < -0.39 is 0 Å². The van der Waals surface area contributed by atoms with Crippen molar-refractivity contribution in [2.45, 2.75) is 6.92 Å². The van der Waals surface area contributed by atoms with Crippen LogP contribution in [0.15, 0.2) is 60.9 Å². The van der Waals surface area contributed by atoms with Gasteiger partial charge in [-0.05, 0) is 49.9 Å². The summed E-state index contributed by atoms with van der Waals surface area (Å²) in [6.45, 7) is 5.53. The van der Waals surface area contributed by atoms with E-state index >= 15 is 0 Å². The van der Waals surface area contributed by atoms with Crippen LogP contribution in [0, 0.1) is 12.7 Å². The molecule has 4 aromatic rings. The Labute approximate surface area is 176 Å². The number of hydrogen-bond donors (Lipinski definition) is 2. The second kappa shape index (κ2) is 9.05. The van der Waals surface area contributed by atoms with E-state index in [2.05, 4.69) is 57.7 Å². The molecule has 154 valence electrons. The van der Waals surface area contributed by atoms with Crippen LogP contribution in [0.4, 0.5) is 15.8 Å². The summed E-state index contributed by atoms with van der Waals surface area (Å²) in [4.78, 5) is 11.0. The van der Waals surface area contributed by atoms with Gasteiger partial charge in [0, 0.05) is 66.8 Å². The summed E-state index contributed by atoms with van der Waals surface area (Å²) < 4.78 is 13.4. The van der Waals surface area contributed by atoms with Crippen LogP contribution in [0.2, 0.25) is 0 Å². The molecule has 0 aliphatic heterocycles. The minimum atomic E-state index is -0.267. The van der Waals surface area contributed by atoms with Gasteiger partial charge in [0.15, 0.2) is 0 Å². The summed E-state index contributed by atoms with van der Waals surface area (Å²) in [7, 11) is 2.11. The monoisotopic (exact) mass is 403 g/mol. The van der Waals surface area contributed by atoms with E-state index in [1.165, 1.54) is 17.7 Å². The second-order valence-corrected chi connectivity index (χ2v) is 7.56. The number of rotatable bonds is 8. The number of hydrogen-bond acceptors (Lipinski definition) is 5. The van der Waals surface area contributed by atoms with E-state index in [0.717, 1.165) is 53.8 Å². The Morgan fingerprint density at radius 3 is 2.00 bits per heavy atom. The first-order chi connectivity index (χ1) is 14.6. The molecule has 0 unspecified atom stereocenters. The predicted molar refractivity (Wildman–Crippen MR) is 123 cm³/mol. The summed E-state index contributed by atoms with van der Waals surface area (Å²) >= 11 is 0. The van der Waals surface area contributed by atoms with Gasteiger partial charge < -0.3 is 15.5 Å². The van der Waals surface area contributed by atoms with E-state index in [0.29, 0.717) is 5.52 Å². The molecule has 0 radical (unpaired) electrons. The van der Waals surface area contributed by atoms with E-state index in [-0.39, 0.29) is 5.82 Å². The van der Waals surface area contributed by atoms with Crippen LogP contribution in [0.25, 0.3) is 21.8 Å². The molecule has 0 amide bonds. The van der Waals surface area contributed by atoms with Gasteiger partial charge in [-0.15, -0.1) is 0 Å². The molecule has 4 rings (SSSR count). The highest BCUT2D eigenvalue weighted by Crippen LogP contribution is 2.23. The fraction of sp³-hybridized carbons (Fsp3) is 0.250. The van der Waals surface area contributed by atoms with Crippen molar-refractivity contribution in [3.05, 3.63) is 72.3 Å². The summed E-state index contributed by atoms with van der Waals surface area (Å²) in [5, 5.41) is 9.05. The van der Waals surface area contributed by atoms with Crippen molar-refractivity contribution in [3.63, 3.8) is 0 Å². The molecule has 0 fully saturated rings. The van der Waals surface area contributed by atoms with Gasteiger partial charge in [-0.3, -0.25) is 9.97 Å². The van der Waals surface area contributed by atoms with Crippen LogP contribution in [-0.4, -0.2) is 48.1 Å². The maximum atomic E-state index is 13.4. The van der Waals surface area contributed by atoms with E-state index in [9.17, 15) is 4.39 Å². The minimum absolute atomic E-state index is 0.267. The SMILES string of the molecule is Cc1ccc2c(NCCN(C)CCNc3ccnc4cc(F)ccc34)ccnc2c1. The lowest BCUT2D eigenvalue weighted by Crippen LogP contribution is -2.29. The highest BCUT2D eigenvalue weighted by molar-refractivity contribution is 5.91. The molecule has 2 heterocycles. The number of aromatic nitrogens is 2. The third kappa shape index (κ3) is 4.66. The van der Waals surface area contributed by atoms with Gasteiger partial charge in [0.1, 0.15) is 5.82 Å².